The van der Waals surface area contributed by atoms with Crippen LogP contribution in [0, 0.1) is 59.3 Å². The molecule has 0 saturated heterocycles. The summed E-state index contributed by atoms with van der Waals surface area (Å²) in [6.07, 6.45) is -2.63. The molecule has 19 nitrogen and oxygen atoms in total. The molecular weight excluding hydrogens is 1850 g/mol. The van der Waals surface area contributed by atoms with Crippen LogP contribution in [0.1, 0.15) is 123 Å². The van der Waals surface area contributed by atoms with Crippen LogP contribution in [-0.2, 0) is 14.3 Å². The number of hydrogen-bond acceptors (Lipinski definition) is 19. The van der Waals surface area contributed by atoms with Crippen LogP contribution in [0.3, 0.4) is 0 Å². The van der Waals surface area contributed by atoms with Crippen LogP contribution in [0.15, 0.2) is 322 Å². The number of benzene rings is 12. The Labute approximate surface area is 770 Å². The molecule has 0 aliphatic heterocycles. The highest BCUT2D eigenvalue weighted by molar-refractivity contribution is 9.09. The molecule has 0 fully saturated rings. The zero-order valence-electron chi connectivity index (χ0n) is 72.8. The van der Waals surface area contributed by atoms with Crippen molar-refractivity contribution in [2.45, 2.75) is 90.2 Å². The first-order valence-corrected chi connectivity index (χ1v) is 44.4. The lowest BCUT2D eigenvalue weighted by atomic mass is 9.98. The fourth-order valence-corrected chi connectivity index (χ4v) is 16.1. The van der Waals surface area contributed by atoms with E-state index in [9.17, 15) is 92.0 Å². The van der Waals surface area contributed by atoms with Crippen molar-refractivity contribution < 1.29 is 93.9 Å². The van der Waals surface area contributed by atoms with Crippen molar-refractivity contribution in [2.24, 2.45) is 5.73 Å². The van der Waals surface area contributed by atoms with Crippen molar-refractivity contribution in [3.05, 3.63) is 421 Å². The number of nitrogens with two attached hydrogens (primary N) is 1. The Morgan fingerprint density at radius 3 is 0.919 bits per heavy atom. The summed E-state index contributed by atoms with van der Waals surface area (Å²) in [7, 11) is -3.86. The van der Waals surface area contributed by atoms with Gasteiger partial charge in [-0.05, 0) is 191 Å². The van der Waals surface area contributed by atoms with Gasteiger partial charge in [0.2, 0.25) is 32.6 Å². The molecule has 690 valence electrons. The molecule has 0 spiro atoms. The molecular formula is C105H81BrF9NO18S. The van der Waals surface area contributed by atoms with E-state index in [1.165, 1.54) is 166 Å². The Bertz CT molecular complexity index is 7900. The molecule has 0 amide bonds. The second kappa shape index (κ2) is 42.2. The predicted molar refractivity (Wildman–Crippen MR) is 503 cm³/mol. The van der Waals surface area contributed by atoms with E-state index in [0.29, 0.717) is 51.2 Å². The highest BCUT2D eigenvalue weighted by Gasteiger charge is 2.31. The van der Waals surface area contributed by atoms with E-state index in [1.807, 2.05) is 62.4 Å². The van der Waals surface area contributed by atoms with Gasteiger partial charge in [0.1, 0.15) is 172 Å². The molecule has 6 atom stereocenters. The number of aliphatic hydroxyl groups is 3. The lowest BCUT2D eigenvalue weighted by Crippen LogP contribution is -2.15. The van der Waals surface area contributed by atoms with E-state index in [1.54, 1.807) is 68.4 Å². The minimum atomic E-state index is -3.86. The largest absolute Gasteiger partial charge is 0.459 e. The summed E-state index contributed by atoms with van der Waals surface area (Å²) < 4.78 is 187. The first-order chi connectivity index (χ1) is 64.4. The number of aryl methyl sites for hydroxylation is 1. The Morgan fingerprint density at radius 2 is 0.585 bits per heavy atom. The van der Waals surface area contributed by atoms with Gasteiger partial charge in [-0.15, -0.1) is 0 Å². The molecule has 0 aliphatic rings. The van der Waals surface area contributed by atoms with Crippen molar-refractivity contribution in [2.75, 3.05) is 6.26 Å². The van der Waals surface area contributed by atoms with E-state index < -0.39 is 120 Å². The molecule has 6 unspecified atom stereocenters. The van der Waals surface area contributed by atoms with Gasteiger partial charge in [-0.3, -0.25) is 33.0 Å². The topological polar surface area (TPSA) is 311 Å². The van der Waals surface area contributed by atoms with Crippen molar-refractivity contribution in [1.82, 2.24) is 0 Å². The quantitative estimate of drug-likeness (QED) is 0.0421. The molecule has 0 aliphatic carbocycles. The molecule has 18 rings (SSSR count). The average Bonchev–Trinajstić information content (AvgIpc) is 0.974. The SMILES string of the molecule is CC(N)c1oc2cccc(F)c2c(=O)c1-c1cccc(F)c1.CC(O)c1oc2cccc(F)c2c(=O)c1-c1ccccc1.CC(O)c1oc2cccc(F)c2c(=O)c1-c1ccccc1F.CC(OS(C)(=O)=O)c1oc2cccc(F)c2c(=O)c1-c1cccc(F)c1.CCC(Br)c1oc2cccc(F)c2c(=O)c1-c1cccc(F)c1.Cc1cccc2oc(C(C)O)c(-c3ccccc3)c(=O)c12. The highest BCUT2D eigenvalue weighted by Crippen LogP contribution is 2.40. The van der Waals surface area contributed by atoms with E-state index in [0.717, 1.165) is 35.6 Å². The summed E-state index contributed by atoms with van der Waals surface area (Å²) in [5.41, 5.74) is 7.28. The van der Waals surface area contributed by atoms with E-state index in [2.05, 4.69) is 15.9 Å². The smallest absolute Gasteiger partial charge is 0.265 e. The second-order valence-corrected chi connectivity index (χ2v) is 33.6. The molecule has 0 bridgehead atoms. The number of aliphatic hydroxyl groups excluding tert-OH is 3. The number of alkyl halides is 1. The minimum absolute atomic E-state index is 0.0148. The Kier molecular flexibility index (Phi) is 30.6. The zero-order valence-corrected chi connectivity index (χ0v) is 75.2. The molecule has 30 heteroatoms. The van der Waals surface area contributed by atoms with Crippen LogP contribution in [0.4, 0.5) is 39.5 Å². The average molecular weight is 1930 g/mol. The second-order valence-electron chi connectivity index (χ2n) is 30.9. The zero-order chi connectivity index (χ0) is 97.3. The van der Waals surface area contributed by atoms with Gasteiger partial charge in [0.25, 0.3) is 10.1 Å². The summed E-state index contributed by atoms with van der Waals surface area (Å²) in [6, 6.07) is 65.2. The van der Waals surface area contributed by atoms with Gasteiger partial charge in [0, 0.05) is 5.56 Å². The van der Waals surface area contributed by atoms with Crippen molar-refractivity contribution >= 4 is 91.9 Å². The summed E-state index contributed by atoms with van der Waals surface area (Å²) in [5, 5.41) is 29.4. The summed E-state index contributed by atoms with van der Waals surface area (Å²) >= 11 is 3.47. The maximum Gasteiger partial charge on any atom is 0.265 e. The molecule has 6 heterocycles. The van der Waals surface area contributed by atoms with Gasteiger partial charge in [-0.25, -0.2) is 39.5 Å². The minimum Gasteiger partial charge on any atom is -0.459 e. The third-order valence-electron chi connectivity index (χ3n) is 21.1. The maximum atomic E-state index is 14.2. The van der Waals surface area contributed by atoms with Crippen LogP contribution in [0.5, 0.6) is 0 Å². The summed E-state index contributed by atoms with van der Waals surface area (Å²) in [4.78, 5) is 76.5. The Morgan fingerprint density at radius 1 is 0.326 bits per heavy atom. The Balaban J connectivity index is 0.000000137. The fourth-order valence-electron chi connectivity index (χ4n) is 15.1. The highest BCUT2D eigenvalue weighted by atomic mass is 79.9. The molecule has 18 aromatic rings. The molecule has 12 aromatic carbocycles. The monoisotopic (exact) mass is 1930 g/mol. The normalized spacial score (nSPS) is 12.6. The van der Waals surface area contributed by atoms with Crippen molar-refractivity contribution in [3.8, 4) is 66.8 Å². The van der Waals surface area contributed by atoms with E-state index in [-0.39, 0.29) is 127 Å². The fraction of sp³-hybridized carbons (Fsp3) is 0.143. The van der Waals surface area contributed by atoms with Crippen LogP contribution in [0.25, 0.3) is 133 Å². The first kappa shape index (κ1) is 98.0. The van der Waals surface area contributed by atoms with Crippen LogP contribution < -0.4 is 38.3 Å². The van der Waals surface area contributed by atoms with Crippen molar-refractivity contribution in [1.29, 1.82) is 0 Å². The number of halogens is 10. The van der Waals surface area contributed by atoms with Gasteiger partial charge in [-0.2, -0.15) is 8.42 Å². The van der Waals surface area contributed by atoms with Gasteiger partial charge in [0.15, 0.2) is 0 Å². The van der Waals surface area contributed by atoms with Gasteiger partial charge in [-0.1, -0.05) is 181 Å². The number of rotatable bonds is 15. The lowest BCUT2D eigenvalue weighted by molar-refractivity contribution is 0.171. The first-order valence-electron chi connectivity index (χ1n) is 41.7. The third kappa shape index (κ3) is 21.4. The molecule has 0 radical (unpaired) electrons. The molecule has 0 saturated carbocycles. The van der Waals surface area contributed by atoms with Crippen LogP contribution >= 0.6 is 15.9 Å². The van der Waals surface area contributed by atoms with E-state index >= 15 is 0 Å². The van der Waals surface area contributed by atoms with E-state index in [4.69, 9.17) is 36.4 Å². The van der Waals surface area contributed by atoms with Crippen molar-refractivity contribution in [3.63, 3.8) is 0 Å². The number of hydrogen-bond donors (Lipinski definition) is 4. The Hall–Kier alpha value is -14.5. The molecule has 135 heavy (non-hydrogen) atoms. The van der Waals surface area contributed by atoms with Crippen LogP contribution in [-0.4, -0.2) is 30.0 Å². The van der Waals surface area contributed by atoms with Crippen LogP contribution in [0.2, 0.25) is 0 Å². The summed E-state index contributed by atoms with van der Waals surface area (Å²) in [6.45, 7) is 11.3. The van der Waals surface area contributed by atoms with Gasteiger partial charge >= 0.3 is 0 Å². The van der Waals surface area contributed by atoms with Gasteiger partial charge < -0.3 is 47.6 Å². The van der Waals surface area contributed by atoms with Gasteiger partial charge in [0.05, 0.1) is 55.9 Å². The number of fused-ring (bicyclic) bond motifs is 6. The maximum absolute atomic E-state index is 14.2. The lowest BCUT2D eigenvalue weighted by Gasteiger charge is -2.15. The predicted octanol–water partition coefficient (Wildman–Crippen LogP) is 24.4. The summed E-state index contributed by atoms with van der Waals surface area (Å²) in [5.74, 6) is -4.92. The third-order valence-corrected chi connectivity index (χ3v) is 22.8. The molecule has 5 N–H and O–H groups in total. The standard InChI is InChI=1S/C18H13BrF2O2.C18H14F2O5S.C18H16O3.C17H13F2NO2.C17H12F2O3.C17H13FO3/c1-2-12(19)18-15(10-5-3-6-11(20)9-10)17(22)16-13(21)7-4-8-14(16)23-18;1-10(25-26(2,22)23)18-15(11-5-3-6-12(19)9-11)17(21)16-13(20)7-4-8-14(16)24-18;1-11-7-6-10-14-15(11)17(20)16(18(21-14)12(2)19)13-8-4-3-5-9-13;1-9(20)17-14(10-4-2-5-11(18)8-10)16(21)15-12(19)6-3-7-13(15)22-17;1-9(20)17-14(10-5-2-3-6-11(10)18)16(21)15-12(19)7-4-8-13(15)22-17;1-10(19)17-14(11-6-3-2-4-7-11)16(20)15-12(18)8-5-9-13(15)21-17/h3-9,12H,2H2,1H3;3-10H,1-2H3;3-10,12,19H,1-2H3;2-9H,20H2,1H3;2-9,20H,1H3;2-10,19H,1H3. The molecule has 6 aromatic heterocycles.